The molecule has 1 saturated carbocycles. The molecule has 0 aliphatic heterocycles. The van der Waals surface area contributed by atoms with Gasteiger partial charge in [0.15, 0.2) is 0 Å². The normalized spacial score (nSPS) is 14.2. The van der Waals surface area contributed by atoms with Crippen molar-refractivity contribution in [2.45, 2.75) is 52.1 Å². The monoisotopic (exact) mass is 391 g/mol. The molecule has 5 heteroatoms. The van der Waals surface area contributed by atoms with Gasteiger partial charge in [0.25, 0.3) is 0 Å². The molecule has 3 aromatic rings. The van der Waals surface area contributed by atoms with Crippen molar-refractivity contribution in [3.8, 4) is 5.75 Å². The summed E-state index contributed by atoms with van der Waals surface area (Å²) in [7, 11) is 0. The molecule has 1 heterocycles. The minimum absolute atomic E-state index is 0.133. The molecule has 1 amide bonds. The number of imidazole rings is 1. The molecular weight excluding hydrogens is 362 g/mol. The van der Waals surface area contributed by atoms with Crippen molar-refractivity contribution in [3.63, 3.8) is 0 Å². The Hall–Kier alpha value is -2.82. The number of ether oxygens (including phenoxy) is 1. The first-order valence-electron chi connectivity index (χ1n) is 10.4. The van der Waals surface area contributed by atoms with Crippen molar-refractivity contribution in [1.82, 2.24) is 14.9 Å². The van der Waals surface area contributed by atoms with Crippen LogP contribution in [0, 0.1) is 5.92 Å². The SMILES string of the molecule is CC(C)(C)c1ccc(OCCn2c(CNC(=O)C3CC3)nc3ccccc32)cc1. The van der Waals surface area contributed by atoms with Crippen molar-refractivity contribution in [2.24, 2.45) is 5.92 Å². The number of hydrogen-bond donors (Lipinski definition) is 1. The summed E-state index contributed by atoms with van der Waals surface area (Å²) in [5, 5.41) is 3.03. The highest BCUT2D eigenvalue weighted by molar-refractivity contribution is 5.81. The van der Waals surface area contributed by atoms with Gasteiger partial charge in [-0.15, -0.1) is 0 Å². The standard InChI is InChI=1S/C24H29N3O2/c1-24(2,3)18-10-12-19(13-11-18)29-15-14-27-21-7-5-4-6-20(21)26-22(27)16-25-23(28)17-8-9-17/h4-7,10-13,17H,8-9,14-16H2,1-3H3,(H,25,28). The van der Waals surface area contributed by atoms with Crippen LogP contribution >= 0.6 is 0 Å². The van der Waals surface area contributed by atoms with Crippen LogP contribution in [0.5, 0.6) is 5.75 Å². The Labute approximate surface area is 172 Å². The number of rotatable bonds is 7. The molecule has 1 N–H and O–H groups in total. The first kappa shape index (κ1) is 19.5. The number of nitrogens with zero attached hydrogens (tertiary/aromatic N) is 2. The third-order valence-corrected chi connectivity index (χ3v) is 5.41. The molecule has 0 radical (unpaired) electrons. The van der Waals surface area contributed by atoms with E-state index in [2.05, 4.69) is 48.9 Å². The smallest absolute Gasteiger partial charge is 0.223 e. The van der Waals surface area contributed by atoms with Gasteiger partial charge in [0.05, 0.1) is 24.1 Å². The second kappa shape index (κ2) is 7.90. The molecule has 152 valence electrons. The summed E-state index contributed by atoms with van der Waals surface area (Å²) < 4.78 is 8.13. The van der Waals surface area contributed by atoms with Crippen LogP contribution in [-0.2, 0) is 23.3 Å². The fourth-order valence-electron chi connectivity index (χ4n) is 3.47. The summed E-state index contributed by atoms with van der Waals surface area (Å²) in [4.78, 5) is 16.8. The predicted molar refractivity (Wildman–Crippen MR) is 115 cm³/mol. The van der Waals surface area contributed by atoms with Crippen molar-refractivity contribution in [2.75, 3.05) is 6.61 Å². The first-order chi connectivity index (χ1) is 13.9. The maximum Gasteiger partial charge on any atom is 0.223 e. The molecule has 1 aliphatic carbocycles. The number of aromatic nitrogens is 2. The minimum Gasteiger partial charge on any atom is -0.492 e. The van der Waals surface area contributed by atoms with Crippen LogP contribution in [0.15, 0.2) is 48.5 Å². The van der Waals surface area contributed by atoms with E-state index in [1.807, 2.05) is 30.3 Å². The highest BCUT2D eigenvalue weighted by atomic mass is 16.5. The summed E-state index contributed by atoms with van der Waals surface area (Å²) in [5.74, 6) is 2.07. The van der Waals surface area contributed by atoms with E-state index in [0.717, 1.165) is 35.4 Å². The Morgan fingerprint density at radius 1 is 1.14 bits per heavy atom. The Kier molecular flexibility index (Phi) is 5.31. The summed E-state index contributed by atoms with van der Waals surface area (Å²) in [6, 6.07) is 16.4. The number of carbonyl (C=O) groups is 1. The predicted octanol–water partition coefficient (Wildman–Crippen LogP) is 4.44. The molecule has 0 bridgehead atoms. The topological polar surface area (TPSA) is 56.1 Å². The number of nitrogens with one attached hydrogen (secondary N) is 1. The zero-order valence-corrected chi connectivity index (χ0v) is 17.4. The van der Waals surface area contributed by atoms with Gasteiger partial charge >= 0.3 is 0 Å². The lowest BCUT2D eigenvalue weighted by Crippen LogP contribution is -2.26. The summed E-state index contributed by atoms with van der Waals surface area (Å²) in [6.07, 6.45) is 2.01. The molecule has 4 rings (SSSR count). The van der Waals surface area contributed by atoms with Crippen LogP contribution < -0.4 is 10.1 Å². The Bertz CT molecular complexity index is 995. The number of hydrogen-bond acceptors (Lipinski definition) is 3. The lowest BCUT2D eigenvalue weighted by molar-refractivity contribution is -0.122. The number of carbonyl (C=O) groups excluding carboxylic acids is 1. The van der Waals surface area contributed by atoms with Crippen LogP contribution in [-0.4, -0.2) is 22.1 Å². The molecule has 29 heavy (non-hydrogen) atoms. The molecule has 1 aromatic heterocycles. The van der Waals surface area contributed by atoms with E-state index >= 15 is 0 Å². The zero-order valence-electron chi connectivity index (χ0n) is 17.4. The van der Waals surface area contributed by atoms with Crippen molar-refractivity contribution in [3.05, 3.63) is 59.9 Å². The second-order valence-corrected chi connectivity index (χ2v) is 8.78. The number of para-hydroxylation sites is 2. The third kappa shape index (κ3) is 4.61. The van der Waals surface area contributed by atoms with Gasteiger partial charge in [-0.25, -0.2) is 4.98 Å². The Balaban J connectivity index is 1.43. The maximum atomic E-state index is 12.0. The van der Waals surface area contributed by atoms with Gasteiger partial charge in [-0.2, -0.15) is 0 Å². The van der Waals surface area contributed by atoms with E-state index in [4.69, 9.17) is 9.72 Å². The average molecular weight is 392 g/mol. The highest BCUT2D eigenvalue weighted by Crippen LogP contribution is 2.29. The van der Waals surface area contributed by atoms with Gasteiger partial charge in [-0.1, -0.05) is 45.0 Å². The average Bonchev–Trinajstić information content (AvgIpc) is 3.49. The van der Waals surface area contributed by atoms with E-state index in [9.17, 15) is 4.79 Å². The summed E-state index contributed by atoms with van der Waals surface area (Å²) >= 11 is 0. The van der Waals surface area contributed by atoms with Gasteiger partial charge in [-0.05, 0) is 48.1 Å². The van der Waals surface area contributed by atoms with Crippen LogP contribution in [0.25, 0.3) is 11.0 Å². The third-order valence-electron chi connectivity index (χ3n) is 5.41. The van der Waals surface area contributed by atoms with Gasteiger partial charge in [0.1, 0.15) is 18.2 Å². The van der Waals surface area contributed by atoms with Crippen LogP contribution in [0.2, 0.25) is 0 Å². The van der Waals surface area contributed by atoms with E-state index in [0.29, 0.717) is 19.7 Å². The largest absolute Gasteiger partial charge is 0.492 e. The van der Waals surface area contributed by atoms with Crippen LogP contribution in [0.3, 0.4) is 0 Å². The highest BCUT2D eigenvalue weighted by Gasteiger charge is 2.29. The lowest BCUT2D eigenvalue weighted by Gasteiger charge is -2.19. The van der Waals surface area contributed by atoms with Crippen molar-refractivity contribution < 1.29 is 9.53 Å². The number of benzene rings is 2. The molecule has 0 spiro atoms. The summed E-state index contributed by atoms with van der Waals surface area (Å²) in [5.41, 5.74) is 3.43. The van der Waals surface area contributed by atoms with Gasteiger partial charge in [0.2, 0.25) is 5.91 Å². The van der Waals surface area contributed by atoms with Crippen molar-refractivity contribution >= 4 is 16.9 Å². The summed E-state index contributed by atoms with van der Waals surface area (Å²) in [6.45, 7) is 8.28. The molecular formula is C24H29N3O2. The molecule has 0 atom stereocenters. The van der Waals surface area contributed by atoms with Crippen LogP contribution in [0.4, 0.5) is 0 Å². The first-order valence-corrected chi connectivity index (χ1v) is 10.4. The number of fused-ring (bicyclic) bond motifs is 1. The second-order valence-electron chi connectivity index (χ2n) is 8.78. The van der Waals surface area contributed by atoms with Crippen molar-refractivity contribution in [1.29, 1.82) is 0 Å². The molecule has 2 aromatic carbocycles. The van der Waals surface area contributed by atoms with E-state index in [1.165, 1.54) is 5.56 Å². The molecule has 0 unspecified atom stereocenters. The molecule has 5 nitrogen and oxygen atoms in total. The Morgan fingerprint density at radius 3 is 2.55 bits per heavy atom. The van der Waals surface area contributed by atoms with Gasteiger partial charge < -0.3 is 14.6 Å². The molecule has 0 saturated heterocycles. The fourth-order valence-corrected chi connectivity index (χ4v) is 3.47. The Morgan fingerprint density at radius 2 is 1.86 bits per heavy atom. The molecule has 1 aliphatic rings. The van der Waals surface area contributed by atoms with E-state index in [1.54, 1.807) is 0 Å². The van der Waals surface area contributed by atoms with Gasteiger partial charge in [0, 0.05) is 5.92 Å². The van der Waals surface area contributed by atoms with Crippen LogP contribution in [0.1, 0.15) is 45.0 Å². The number of amides is 1. The zero-order chi connectivity index (χ0) is 20.4. The molecule has 1 fully saturated rings. The lowest BCUT2D eigenvalue weighted by atomic mass is 9.87. The van der Waals surface area contributed by atoms with E-state index < -0.39 is 0 Å². The van der Waals surface area contributed by atoms with Gasteiger partial charge in [-0.3, -0.25) is 4.79 Å². The quantitative estimate of drug-likeness (QED) is 0.648. The maximum absolute atomic E-state index is 12.0. The van der Waals surface area contributed by atoms with E-state index in [-0.39, 0.29) is 17.2 Å². The minimum atomic E-state index is 0.133. The fraction of sp³-hybridized carbons (Fsp3) is 0.417.